The summed E-state index contributed by atoms with van der Waals surface area (Å²) in [6.07, 6.45) is 10.9. The van der Waals surface area contributed by atoms with E-state index in [1.165, 1.54) is 48.9 Å². The average Bonchev–Trinajstić information content (AvgIpc) is 2.85. The van der Waals surface area contributed by atoms with Gasteiger partial charge >= 0.3 is 0 Å². The van der Waals surface area contributed by atoms with Crippen molar-refractivity contribution in [3.63, 3.8) is 0 Å². The van der Waals surface area contributed by atoms with Crippen molar-refractivity contribution in [1.29, 1.82) is 0 Å². The first kappa shape index (κ1) is 26.9. The van der Waals surface area contributed by atoms with Gasteiger partial charge < -0.3 is 15.0 Å². The Bertz CT molecular complexity index is 1210. The zero-order chi connectivity index (χ0) is 26.9. The van der Waals surface area contributed by atoms with Crippen LogP contribution in [0.25, 0.3) is 0 Å². The molecule has 0 saturated heterocycles. The standard InChI is InChI=1S/C33H44N2O2Si/c1-6-7-9-28-20-25-21-29(37-2)14-15-30(25)32(35(28)31(36)16-19-38(3,4)5)24-10-12-26(13-11-24)34-27-22-33(23-27)17-8-18-33/h10-15,21,27-28,32,34H,6-9,17-18,20,22-23H2,1-5H3/t28-,32-/m0/s1. The van der Waals surface area contributed by atoms with E-state index in [0.29, 0.717) is 11.5 Å². The third kappa shape index (κ3) is 5.66. The second kappa shape index (κ2) is 10.8. The molecule has 2 atom stereocenters. The number of nitrogens with one attached hydrogen (secondary N) is 1. The summed E-state index contributed by atoms with van der Waals surface area (Å²) in [6, 6.07) is 15.8. The first-order chi connectivity index (χ1) is 18.2. The van der Waals surface area contributed by atoms with Gasteiger partial charge in [0, 0.05) is 17.8 Å². The molecule has 2 aliphatic carbocycles. The van der Waals surface area contributed by atoms with Crippen LogP contribution in [0.1, 0.15) is 81.0 Å². The Balaban J connectivity index is 1.47. The van der Waals surface area contributed by atoms with Crippen molar-refractivity contribution in [2.45, 2.75) is 102 Å². The summed E-state index contributed by atoms with van der Waals surface area (Å²) in [7, 11) is 0.0411. The molecule has 1 N–H and O–H groups in total. The molecule has 2 aromatic rings. The van der Waals surface area contributed by atoms with E-state index in [2.05, 4.69) is 84.6 Å². The normalized spacial score (nSPS) is 22.0. The van der Waals surface area contributed by atoms with Gasteiger partial charge in [0.15, 0.2) is 0 Å². The Kier molecular flexibility index (Phi) is 7.64. The Hall–Kier alpha value is -2.71. The zero-order valence-corrected chi connectivity index (χ0v) is 24.9. The lowest BCUT2D eigenvalue weighted by atomic mass is 9.54. The van der Waals surface area contributed by atoms with Crippen LogP contribution in [0.4, 0.5) is 5.69 Å². The van der Waals surface area contributed by atoms with Gasteiger partial charge in [-0.1, -0.05) is 64.0 Å². The number of hydrogen-bond donors (Lipinski definition) is 1. The molecule has 1 heterocycles. The molecule has 0 unspecified atom stereocenters. The molecule has 1 amide bonds. The minimum Gasteiger partial charge on any atom is -0.497 e. The highest BCUT2D eigenvalue weighted by Crippen LogP contribution is 2.56. The quantitative estimate of drug-likeness (QED) is 0.302. The fourth-order valence-corrected chi connectivity index (χ4v) is 7.13. The van der Waals surface area contributed by atoms with Gasteiger partial charge in [0.2, 0.25) is 0 Å². The third-order valence-electron chi connectivity index (χ3n) is 8.81. The molecular formula is C33H44N2O2Si. The summed E-state index contributed by atoms with van der Waals surface area (Å²) >= 11 is 0. The van der Waals surface area contributed by atoms with E-state index in [-0.39, 0.29) is 18.0 Å². The van der Waals surface area contributed by atoms with Crippen LogP contribution in [0.5, 0.6) is 5.75 Å². The first-order valence-electron chi connectivity index (χ1n) is 14.6. The molecule has 1 aliphatic heterocycles. The molecule has 202 valence electrons. The van der Waals surface area contributed by atoms with Gasteiger partial charge in [0.05, 0.1) is 13.2 Å². The molecule has 3 aliphatic rings. The second-order valence-electron chi connectivity index (χ2n) is 12.9. The minimum absolute atomic E-state index is 0.0394. The molecule has 4 nitrogen and oxygen atoms in total. The fraction of sp³-hybridized carbons (Fsp3) is 0.545. The molecule has 5 rings (SSSR count). The Morgan fingerprint density at radius 2 is 1.87 bits per heavy atom. The number of ether oxygens (including phenoxy) is 1. The van der Waals surface area contributed by atoms with Gasteiger partial charge in [-0.2, -0.15) is 0 Å². The fourth-order valence-electron chi connectivity index (χ4n) is 6.65. The minimum atomic E-state index is -1.68. The number of unbranched alkanes of at least 4 members (excludes halogenated alkanes) is 1. The SMILES string of the molecule is CCCC[C@H]1Cc2cc(OC)ccc2[C@H](c2ccc(NC3CC4(CCC4)C3)cc2)N1C(=O)C#C[Si](C)(C)C. The van der Waals surface area contributed by atoms with Crippen molar-refractivity contribution in [2.24, 2.45) is 5.41 Å². The molecule has 2 aromatic carbocycles. The zero-order valence-electron chi connectivity index (χ0n) is 23.9. The molecule has 2 saturated carbocycles. The van der Waals surface area contributed by atoms with Crippen molar-refractivity contribution in [2.75, 3.05) is 12.4 Å². The number of methoxy groups -OCH3 is 1. The molecule has 1 spiro atoms. The number of fused-ring (bicyclic) bond motifs is 1. The molecule has 0 radical (unpaired) electrons. The van der Waals surface area contributed by atoms with E-state index in [1.807, 2.05) is 6.07 Å². The molecule has 0 aromatic heterocycles. The van der Waals surface area contributed by atoms with Crippen molar-refractivity contribution >= 4 is 19.7 Å². The summed E-state index contributed by atoms with van der Waals surface area (Å²) in [6.45, 7) is 8.79. The van der Waals surface area contributed by atoms with Gasteiger partial charge in [-0.05, 0) is 90.8 Å². The van der Waals surface area contributed by atoms with Gasteiger partial charge in [-0.3, -0.25) is 4.79 Å². The maximum absolute atomic E-state index is 13.8. The van der Waals surface area contributed by atoms with Crippen molar-refractivity contribution in [3.05, 3.63) is 59.2 Å². The molecule has 0 bridgehead atoms. The molecular weight excluding hydrogens is 484 g/mol. The second-order valence-corrected chi connectivity index (χ2v) is 17.7. The number of anilines is 1. The van der Waals surface area contributed by atoms with Crippen molar-refractivity contribution in [3.8, 4) is 17.2 Å². The summed E-state index contributed by atoms with van der Waals surface area (Å²) in [5.74, 6) is 3.92. The van der Waals surface area contributed by atoms with Crippen LogP contribution in [-0.4, -0.2) is 38.1 Å². The number of carbonyl (C=O) groups excluding carboxylic acids is 1. The van der Waals surface area contributed by atoms with E-state index >= 15 is 0 Å². The highest BCUT2D eigenvalue weighted by molar-refractivity contribution is 6.84. The van der Waals surface area contributed by atoms with Gasteiger partial charge in [-0.25, -0.2) is 0 Å². The summed E-state index contributed by atoms with van der Waals surface area (Å²) in [5, 5.41) is 3.76. The summed E-state index contributed by atoms with van der Waals surface area (Å²) in [5.41, 5.74) is 8.79. The Morgan fingerprint density at radius 3 is 2.47 bits per heavy atom. The van der Waals surface area contributed by atoms with Crippen molar-refractivity contribution < 1.29 is 9.53 Å². The summed E-state index contributed by atoms with van der Waals surface area (Å²) < 4.78 is 5.58. The number of hydrogen-bond acceptors (Lipinski definition) is 3. The number of rotatable bonds is 7. The topological polar surface area (TPSA) is 41.6 Å². The molecule has 5 heteroatoms. The Labute approximate surface area is 230 Å². The number of carbonyl (C=O) groups is 1. The number of benzene rings is 2. The Morgan fingerprint density at radius 1 is 1.13 bits per heavy atom. The highest BCUT2D eigenvalue weighted by atomic mass is 28.3. The average molecular weight is 529 g/mol. The largest absolute Gasteiger partial charge is 0.497 e. The summed E-state index contributed by atoms with van der Waals surface area (Å²) in [4.78, 5) is 15.9. The van der Waals surface area contributed by atoms with Crippen molar-refractivity contribution in [1.82, 2.24) is 4.90 Å². The van der Waals surface area contributed by atoms with Crippen LogP contribution < -0.4 is 10.1 Å². The predicted octanol–water partition coefficient (Wildman–Crippen LogP) is 7.35. The van der Waals surface area contributed by atoms with Gasteiger partial charge in [0.25, 0.3) is 5.91 Å². The lowest BCUT2D eigenvalue weighted by molar-refractivity contribution is -0.130. The van der Waals surface area contributed by atoms with Crippen LogP contribution in [0, 0.1) is 16.9 Å². The van der Waals surface area contributed by atoms with E-state index in [1.54, 1.807) is 7.11 Å². The molecule has 2 fully saturated rings. The lowest BCUT2D eigenvalue weighted by Crippen LogP contribution is -2.49. The van der Waals surface area contributed by atoms with Gasteiger partial charge in [0.1, 0.15) is 13.8 Å². The van der Waals surface area contributed by atoms with E-state index in [4.69, 9.17) is 4.74 Å². The molecule has 38 heavy (non-hydrogen) atoms. The number of nitrogens with zero attached hydrogens (tertiary/aromatic N) is 1. The van der Waals surface area contributed by atoms with Crippen LogP contribution >= 0.6 is 0 Å². The van der Waals surface area contributed by atoms with E-state index < -0.39 is 8.07 Å². The van der Waals surface area contributed by atoms with Crippen LogP contribution in [0.2, 0.25) is 19.6 Å². The van der Waals surface area contributed by atoms with Crippen LogP contribution in [-0.2, 0) is 11.2 Å². The highest BCUT2D eigenvalue weighted by Gasteiger charge is 2.48. The lowest BCUT2D eigenvalue weighted by Gasteiger charge is -2.54. The first-order valence-corrected chi connectivity index (χ1v) is 18.1. The smallest absolute Gasteiger partial charge is 0.298 e. The van der Waals surface area contributed by atoms with E-state index in [0.717, 1.165) is 37.0 Å². The van der Waals surface area contributed by atoms with Gasteiger partial charge in [-0.15, -0.1) is 5.54 Å². The number of amides is 1. The van der Waals surface area contributed by atoms with Crippen LogP contribution in [0.3, 0.4) is 0 Å². The predicted molar refractivity (Wildman–Crippen MR) is 159 cm³/mol. The maximum Gasteiger partial charge on any atom is 0.298 e. The van der Waals surface area contributed by atoms with Crippen LogP contribution in [0.15, 0.2) is 42.5 Å². The maximum atomic E-state index is 13.8. The van der Waals surface area contributed by atoms with E-state index in [9.17, 15) is 4.79 Å². The third-order valence-corrected chi connectivity index (χ3v) is 9.69. The monoisotopic (exact) mass is 528 g/mol.